The summed E-state index contributed by atoms with van der Waals surface area (Å²) in [6, 6.07) is 18.1. The highest BCUT2D eigenvalue weighted by atomic mass is 19.1. The molecule has 33 heavy (non-hydrogen) atoms. The van der Waals surface area contributed by atoms with E-state index in [1.807, 2.05) is 62.3 Å². The zero-order chi connectivity index (χ0) is 23.9. The van der Waals surface area contributed by atoms with Crippen molar-refractivity contribution in [3.8, 4) is 0 Å². The smallest absolute Gasteiger partial charge is 0.300 e. The molecule has 0 bridgehead atoms. The number of aryl methyl sites for hydroxylation is 2. The third-order valence-electron chi connectivity index (χ3n) is 5.98. The van der Waals surface area contributed by atoms with Gasteiger partial charge >= 0.3 is 0 Å². The monoisotopic (exact) mass is 444 g/mol. The van der Waals surface area contributed by atoms with Gasteiger partial charge < -0.3 is 10.0 Å². The molecular weight excluding hydrogens is 419 g/mol. The van der Waals surface area contributed by atoms with Crippen LogP contribution in [-0.2, 0) is 9.59 Å². The number of ketones is 1. The highest BCUT2D eigenvalue weighted by molar-refractivity contribution is 6.51. The zero-order valence-electron chi connectivity index (χ0n) is 19.0. The minimum Gasteiger partial charge on any atom is -0.507 e. The second-order valence-corrected chi connectivity index (χ2v) is 8.41. The average Bonchev–Trinajstić information content (AvgIpc) is 3.06. The van der Waals surface area contributed by atoms with Gasteiger partial charge in [0.1, 0.15) is 11.6 Å². The van der Waals surface area contributed by atoms with Gasteiger partial charge in [0.2, 0.25) is 0 Å². The predicted octanol–water partition coefficient (Wildman–Crippen LogP) is 5.13. The fourth-order valence-electron chi connectivity index (χ4n) is 4.13. The first kappa shape index (κ1) is 22.3. The second-order valence-electron chi connectivity index (χ2n) is 8.41. The van der Waals surface area contributed by atoms with Crippen molar-refractivity contribution in [1.29, 1.82) is 0 Å². The lowest BCUT2D eigenvalue weighted by Crippen LogP contribution is -2.30. The van der Waals surface area contributed by atoms with Crippen LogP contribution in [0.2, 0.25) is 0 Å². The molecule has 4 rings (SSSR count). The Balaban J connectivity index is 1.95. The van der Waals surface area contributed by atoms with Crippen LogP contribution in [0, 0.1) is 19.7 Å². The first-order chi connectivity index (χ1) is 15.7. The third kappa shape index (κ3) is 3.89. The van der Waals surface area contributed by atoms with Gasteiger partial charge in [-0.05, 0) is 66.9 Å². The number of hydrogen-bond donors (Lipinski definition) is 1. The van der Waals surface area contributed by atoms with Crippen LogP contribution >= 0.6 is 0 Å². The summed E-state index contributed by atoms with van der Waals surface area (Å²) in [6.07, 6.45) is 0. The maximum atomic E-state index is 13.8. The lowest BCUT2D eigenvalue weighted by molar-refractivity contribution is -0.132. The van der Waals surface area contributed by atoms with E-state index in [4.69, 9.17) is 0 Å². The molecule has 0 spiro atoms. The SMILES string of the molecule is Cc1cc(/C(O)=C2/C(=O)C(=O)N(c3ccccc3C)C2c2ccc(N(C)C)cc2)ccc1F. The first-order valence-electron chi connectivity index (χ1n) is 10.6. The average molecular weight is 445 g/mol. The van der Waals surface area contributed by atoms with Crippen LogP contribution in [0.25, 0.3) is 5.76 Å². The van der Waals surface area contributed by atoms with Gasteiger partial charge in [-0.15, -0.1) is 0 Å². The Kier molecular flexibility index (Phi) is 5.77. The van der Waals surface area contributed by atoms with E-state index in [1.54, 1.807) is 19.1 Å². The van der Waals surface area contributed by atoms with Gasteiger partial charge in [-0.25, -0.2) is 4.39 Å². The van der Waals surface area contributed by atoms with Gasteiger partial charge in [0, 0.05) is 31.0 Å². The molecule has 1 N–H and O–H groups in total. The molecule has 0 radical (unpaired) electrons. The summed E-state index contributed by atoms with van der Waals surface area (Å²) in [4.78, 5) is 29.9. The van der Waals surface area contributed by atoms with Gasteiger partial charge in [-0.2, -0.15) is 0 Å². The number of carbonyl (C=O) groups excluding carboxylic acids is 2. The molecule has 1 aliphatic heterocycles. The number of aliphatic hydroxyl groups is 1. The number of hydrogen-bond acceptors (Lipinski definition) is 4. The molecule has 0 saturated carbocycles. The number of carbonyl (C=O) groups is 2. The van der Waals surface area contributed by atoms with E-state index in [-0.39, 0.29) is 16.9 Å². The van der Waals surface area contributed by atoms with Crippen molar-refractivity contribution in [3.05, 3.63) is 100 Å². The number of para-hydroxylation sites is 1. The Morgan fingerprint density at radius 1 is 0.939 bits per heavy atom. The summed E-state index contributed by atoms with van der Waals surface area (Å²) in [6.45, 7) is 3.44. The number of halogens is 1. The lowest BCUT2D eigenvalue weighted by atomic mass is 9.94. The molecule has 3 aromatic rings. The van der Waals surface area contributed by atoms with Crippen LogP contribution in [-0.4, -0.2) is 30.9 Å². The first-order valence-corrected chi connectivity index (χ1v) is 10.6. The Hall–Kier alpha value is -3.93. The van der Waals surface area contributed by atoms with Crippen LogP contribution in [0.5, 0.6) is 0 Å². The van der Waals surface area contributed by atoms with Crippen LogP contribution in [0.1, 0.15) is 28.3 Å². The van der Waals surface area contributed by atoms with E-state index in [9.17, 15) is 19.1 Å². The Bertz CT molecular complexity index is 1280. The Morgan fingerprint density at radius 2 is 1.61 bits per heavy atom. The zero-order valence-corrected chi connectivity index (χ0v) is 19.0. The Labute approximate surface area is 192 Å². The molecule has 3 aromatic carbocycles. The molecule has 5 nitrogen and oxygen atoms in total. The summed E-state index contributed by atoms with van der Waals surface area (Å²) in [5.41, 5.74) is 3.66. The Morgan fingerprint density at radius 3 is 2.21 bits per heavy atom. The molecule has 0 aromatic heterocycles. The van der Waals surface area contributed by atoms with E-state index in [1.165, 1.54) is 23.1 Å². The maximum absolute atomic E-state index is 13.8. The molecule has 1 saturated heterocycles. The normalized spacial score (nSPS) is 17.5. The number of nitrogens with zero attached hydrogens (tertiary/aromatic N) is 2. The summed E-state index contributed by atoms with van der Waals surface area (Å²) >= 11 is 0. The molecular formula is C27H25FN2O3. The van der Waals surface area contributed by atoms with Crippen molar-refractivity contribution in [1.82, 2.24) is 0 Å². The van der Waals surface area contributed by atoms with E-state index in [0.29, 0.717) is 16.8 Å². The number of rotatable bonds is 4. The van der Waals surface area contributed by atoms with Crippen molar-refractivity contribution < 1.29 is 19.1 Å². The lowest BCUT2D eigenvalue weighted by Gasteiger charge is -2.27. The fourth-order valence-corrected chi connectivity index (χ4v) is 4.13. The number of aliphatic hydroxyl groups excluding tert-OH is 1. The third-order valence-corrected chi connectivity index (χ3v) is 5.98. The topological polar surface area (TPSA) is 60.9 Å². The highest BCUT2D eigenvalue weighted by Crippen LogP contribution is 2.43. The fraction of sp³-hybridized carbons (Fsp3) is 0.185. The summed E-state index contributed by atoms with van der Waals surface area (Å²) < 4.78 is 13.8. The van der Waals surface area contributed by atoms with E-state index < -0.39 is 23.5 Å². The van der Waals surface area contributed by atoms with Crippen molar-refractivity contribution in [2.75, 3.05) is 23.9 Å². The van der Waals surface area contributed by atoms with Crippen molar-refractivity contribution in [2.24, 2.45) is 0 Å². The number of benzene rings is 3. The molecule has 1 atom stereocenters. The quantitative estimate of drug-likeness (QED) is 0.344. The van der Waals surface area contributed by atoms with Crippen LogP contribution in [0.15, 0.2) is 72.3 Å². The van der Waals surface area contributed by atoms with Crippen LogP contribution < -0.4 is 9.80 Å². The van der Waals surface area contributed by atoms with Crippen molar-refractivity contribution in [2.45, 2.75) is 19.9 Å². The molecule has 1 heterocycles. The summed E-state index contributed by atoms with van der Waals surface area (Å²) in [7, 11) is 3.84. The number of amides is 1. The van der Waals surface area contributed by atoms with Gasteiger partial charge in [0.25, 0.3) is 11.7 Å². The second kappa shape index (κ2) is 8.54. The summed E-state index contributed by atoms with van der Waals surface area (Å²) in [5.74, 6) is -2.23. The van der Waals surface area contributed by atoms with E-state index in [0.717, 1.165) is 11.3 Å². The molecule has 168 valence electrons. The minimum atomic E-state index is -0.826. The standard InChI is InChI=1S/C27H25FN2O3/c1-16-7-5-6-8-22(16)30-24(18-9-12-20(13-10-18)29(3)4)23(26(32)27(30)33)25(31)19-11-14-21(28)17(2)15-19/h5-15,24,31H,1-4H3/b25-23-. The van der Waals surface area contributed by atoms with E-state index in [2.05, 4.69) is 0 Å². The largest absolute Gasteiger partial charge is 0.507 e. The molecule has 0 aliphatic carbocycles. The highest BCUT2D eigenvalue weighted by Gasteiger charge is 2.47. The molecule has 1 aliphatic rings. The minimum absolute atomic E-state index is 0.0214. The van der Waals surface area contributed by atoms with E-state index >= 15 is 0 Å². The maximum Gasteiger partial charge on any atom is 0.300 e. The van der Waals surface area contributed by atoms with Crippen molar-refractivity contribution in [3.63, 3.8) is 0 Å². The van der Waals surface area contributed by atoms with Crippen molar-refractivity contribution >= 4 is 28.8 Å². The van der Waals surface area contributed by atoms with Gasteiger partial charge in [0.05, 0.1) is 11.6 Å². The van der Waals surface area contributed by atoms with Crippen LogP contribution in [0.4, 0.5) is 15.8 Å². The van der Waals surface area contributed by atoms with Crippen LogP contribution in [0.3, 0.4) is 0 Å². The molecule has 6 heteroatoms. The summed E-state index contributed by atoms with van der Waals surface area (Å²) in [5, 5.41) is 11.2. The van der Waals surface area contributed by atoms with Gasteiger partial charge in [-0.1, -0.05) is 30.3 Å². The predicted molar refractivity (Wildman–Crippen MR) is 128 cm³/mol. The molecule has 1 unspecified atom stereocenters. The molecule has 1 amide bonds. The van der Waals surface area contributed by atoms with Gasteiger partial charge in [-0.3, -0.25) is 14.5 Å². The molecule has 1 fully saturated rings. The number of Topliss-reactive ketones (excluding diaryl/α,β-unsaturated/α-hetero) is 1. The van der Waals surface area contributed by atoms with Gasteiger partial charge in [0.15, 0.2) is 0 Å². The number of anilines is 2.